The summed E-state index contributed by atoms with van der Waals surface area (Å²) in [7, 11) is 1.60. The quantitative estimate of drug-likeness (QED) is 0.849. The van der Waals surface area contributed by atoms with E-state index in [1.807, 2.05) is 31.2 Å². The smallest absolute Gasteiger partial charge is 0.326 e. The van der Waals surface area contributed by atoms with Crippen molar-refractivity contribution in [1.29, 1.82) is 0 Å². The van der Waals surface area contributed by atoms with Gasteiger partial charge in [0.1, 0.15) is 11.8 Å². The van der Waals surface area contributed by atoms with E-state index in [2.05, 4.69) is 0 Å². The monoisotopic (exact) mass is 374 g/mol. The maximum Gasteiger partial charge on any atom is 0.326 e. The second-order valence-corrected chi connectivity index (χ2v) is 7.54. The van der Waals surface area contributed by atoms with Crippen molar-refractivity contribution < 1.29 is 24.2 Å². The van der Waals surface area contributed by atoms with Gasteiger partial charge < -0.3 is 19.6 Å². The molecule has 3 rings (SSSR count). The molecule has 2 heterocycles. The van der Waals surface area contributed by atoms with Crippen LogP contribution in [0.25, 0.3) is 0 Å². The molecule has 1 aromatic rings. The summed E-state index contributed by atoms with van der Waals surface area (Å²) in [5.41, 5.74) is 0.965. The van der Waals surface area contributed by atoms with Crippen molar-refractivity contribution in [3.8, 4) is 5.75 Å². The molecule has 2 aliphatic rings. The Hall–Kier alpha value is -2.57. The largest absolute Gasteiger partial charge is 0.497 e. The summed E-state index contributed by atoms with van der Waals surface area (Å²) in [5, 5.41) is 9.48. The first kappa shape index (κ1) is 19.2. The second-order valence-electron chi connectivity index (χ2n) is 7.54. The zero-order valence-electron chi connectivity index (χ0n) is 15.8. The Morgan fingerprint density at radius 1 is 1.26 bits per heavy atom. The number of hydrogen-bond donors (Lipinski definition) is 1. The summed E-state index contributed by atoms with van der Waals surface area (Å²) in [6.07, 6.45) is 1.41. The molecule has 1 N–H and O–H groups in total. The average molecular weight is 374 g/mol. The maximum atomic E-state index is 12.9. The van der Waals surface area contributed by atoms with Crippen LogP contribution in [-0.4, -0.2) is 58.9 Å². The molecular weight excluding hydrogens is 348 g/mol. The fraction of sp³-hybridized carbons (Fsp3) is 0.550. The van der Waals surface area contributed by atoms with Gasteiger partial charge in [-0.3, -0.25) is 9.59 Å². The van der Waals surface area contributed by atoms with Crippen molar-refractivity contribution in [2.75, 3.05) is 20.2 Å². The molecule has 0 aliphatic carbocycles. The minimum atomic E-state index is -0.964. The lowest BCUT2D eigenvalue weighted by Crippen LogP contribution is -2.52. The predicted octanol–water partition coefficient (Wildman–Crippen LogP) is 1.76. The minimum Gasteiger partial charge on any atom is -0.497 e. The molecule has 27 heavy (non-hydrogen) atoms. The summed E-state index contributed by atoms with van der Waals surface area (Å²) in [6, 6.07) is 6.68. The van der Waals surface area contributed by atoms with Crippen LogP contribution in [0.3, 0.4) is 0 Å². The van der Waals surface area contributed by atoms with Gasteiger partial charge in [0.25, 0.3) is 0 Å². The van der Waals surface area contributed by atoms with E-state index in [1.54, 1.807) is 12.0 Å². The van der Waals surface area contributed by atoms with Crippen molar-refractivity contribution in [3.63, 3.8) is 0 Å². The van der Waals surface area contributed by atoms with Crippen LogP contribution in [0.1, 0.15) is 31.7 Å². The molecule has 0 spiro atoms. The summed E-state index contributed by atoms with van der Waals surface area (Å²) in [5.74, 6) is -0.674. The van der Waals surface area contributed by atoms with Crippen molar-refractivity contribution in [2.45, 2.75) is 38.8 Å². The number of carboxylic acid groups (broad SMARTS) is 1. The summed E-state index contributed by atoms with van der Waals surface area (Å²) < 4.78 is 5.13. The molecule has 2 saturated heterocycles. The molecule has 0 saturated carbocycles. The third kappa shape index (κ3) is 4.23. The lowest BCUT2D eigenvalue weighted by atomic mass is 9.91. The third-order valence-corrected chi connectivity index (χ3v) is 5.53. The van der Waals surface area contributed by atoms with Crippen LogP contribution < -0.4 is 4.74 Å². The first-order valence-corrected chi connectivity index (χ1v) is 9.33. The first-order chi connectivity index (χ1) is 12.9. The Labute approximate surface area is 158 Å². The summed E-state index contributed by atoms with van der Waals surface area (Å²) in [6.45, 7) is 3.22. The Balaban J connectivity index is 1.65. The van der Waals surface area contributed by atoms with Crippen molar-refractivity contribution in [3.05, 3.63) is 29.8 Å². The molecule has 7 nitrogen and oxygen atoms in total. The van der Waals surface area contributed by atoms with Gasteiger partial charge in [-0.05, 0) is 36.5 Å². The number of methoxy groups -OCH3 is 1. The Kier molecular flexibility index (Phi) is 5.68. The van der Waals surface area contributed by atoms with Gasteiger partial charge in [0, 0.05) is 26.1 Å². The predicted molar refractivity (Wildman–Crippen MR) is 98.1 cm³/mol. The molecule has 2 aliphatic heterocycles. The SMILES string of the molecule is COc1ccc(CN2CC(C(=O)N3CCC(C)CC3C(=O)O)CC2=O)cc1. The molecule has 0 bridgehead atoms. The number of nitrogens with zero attached hydrogens (tertiary/aromatic N) is 2. The van der Waals surface area contributed by atoms with Gasteiger partial charge in [-0.25, -0.2) is 4.79 Å². The first-order valence-electron chi connectivity index (χ1n) is 9.33. The maximum absolute atomic E-state index is 12.9. The average Bonchev–Trinajstić information content (AvgIpc) is 3.02. The summed E-state index contributed by atoms with van der Waals surface area (Å²) >= 11 is 0. The molecule has 2 amide bonds. The number of hydrogen-bond acceptors (Lipinski definition) is 4. The Bertz CT molecular complexity index is 718. The van der Waals surface area contributed by atoms with Gasteiger partial charge in [0.15, 0.2) is 0 Å². The van der Waals surface area contributed by atoms with E-state index in [0.717, 1.165) is 17.7 Å². The van der Waals surface area contributed by atoms with Crippen LogP contribution >= 0.6 is 0 Å². The molecule has 3 unspecified atom stereocenters. The normalized spacial score (nSPS) is 25.6. The number of likely N-dealkylation sites (tertiary alicyclic amines) is 2. The number of carbonyl (C=O) groups is 3. The van der Waals surface area contributed by atoms with E-state index in [4.69, 9.17) is 4.74 Å². The second kappa shape index (κ2) is 7.98. The van der Waals surface area contributed by atoms with Crippen molar-refractivity contribution in [1.82, 2.24) is 9.80 Å². The molecular formula is C20H26N2O5. The van der Waals surface area contributed by atoms with E-state index in [0.29, 0.717) is 26.1 Å². The van der Waals surface area contributed by atoms with Gasteiger partial charge in [-0.2, -0.15) is 0 Å². The molecule has 0 radical (unpaired) electrons. The van der Waals surface area contributed by atoms with Crippen molar-refractivity contribution >= 4 is 17.8 Å². The number of aliphatic carboxylic acids is 1. The number of carbonyl (C=O) groups excluding carboxylic acids is 2. The number of amides is 2. The highest BCUT2D eigenvalue weighted by atomic mass is 16.5. The lowest BCUT2D eigenvalue weighted by molar-refractivity contribution is -0.154. The fourth-order valence-electron chi connectivity index (χ4n) is 3.92. The highest BCUT2D eigenvalue weighted by Gasteiger charge is 2.41. The Morgan fingerprint density at radius 2 is 1.96 bits per heavy atom. The van der Waals surface area contributed by atoms with Gasteiger partial charge in [-0.1, -0.05) is 19.1 Å². The Morgan fingerprint density at radius 3 is 2.59 bits per heavy atom. The van der Waals surface area contributed by atoms with Crippen LogP contribution in [0.15, 0.2) is 24.3 Å². The fourth-order valence-corrected chi connectivity index (χ4v) is 3.92. The molecule has 1 aromatic carbocycles. The van der Waals surface area contributed by atoms with Crippen molar-refractivity contribution in [2.24, 2.45) is 11.8 Å². The molecule has 2 fully saturated rings. The van der Waals surface area contributed by atoms with Crippen LogP contribution in [-0.2, 0) is 20.9 Å². The molecule has 146 valence electrons. The van der Waals surface area contributed by atoms with E-state index in [-0.39, 0.29) is 24.2 Å². The third-order valence-electron chi connectivity index (χ3n) is 5.53. The number of ether oxygens (including phenoxy) is 1. The van der Waals surface area contributed by atoms with Crippen LogP contribution in [0, 0.1) is 11.8 Å². The van der Waals surface area contributed by atoms with E-state index >= 15 is 0 Å². The molecule has 7 heteroatoms. The molecule has 0 aromatic heterocycles. The van der Waals surface area contributed by atoms with E-state index in [9.17, 15) is 19.5 Å². The number of piperidine rings is 1. The molecule has 3 atom stereocenters. The summed E-state index contributed by atoms with van der Waals surface area (Å²) in [4.78, 5) is 40.0. The van der Waals surface area contributed by atoms with Crippen LogP contribution in [0.2, 0.25) is 0 Å². The van der Waals surface area contributed by atoms with E-state index < -0.39 is 17.9 Å². The standard InChI is InChI=1S/C20H26N2O5/c1-13-7-8-22(17(9-13)20(25)26)19(24)15-10-18(23)21(12-15)11-14-3-5-16(27-2)6-4-14/h3-6,13,15,17H,7-12H2,1-2H3,(H,25,26). The zero-order valence-corrected chi connectivity index (χ0v) is 15.8. The van der Waals surface area contributed by atoms with Gasteiger partial charge >= 0.3 is 5.97 Å². The number of rotatable bonds is 5. The highest BCUT2D eigenvalue weighted by molar-refractivity contribution is 5.91. The zero-order chi connectivity index (χ0) is 19.6. The lowest BCUT2D eigenvalue weighted by Gasteiger charge is -2.37. The highest BCUT2D eigenvalue weighted by Crippen LogP contribution is 2.28. The number of benzene rings is 1. The van der Waals surface area contributed by atoms with Gasteiger partial charge in [0.2, 0.25) is 11.8 Å². The topological polar surface area (TPSA) is 87.2 Å². The van der Waals surface area contributed by atoms with Gasteiger partial charge in [0.05, 0.1) is 13.0 Å². The van der Waals surface area contributed by atoms with Crippen LogP contribution in [0.5, 0.6) is 5.75 Å². The minimum absolute atomic E-state index is 0.0681. The van der Waals surface area contributed by atoms with Gasteiger partial charge in [-0.15, -0.1) is 0 Å². The number of carboxylic acids is 1. The van der Waals surface area contributed by atoms with E-state index in [1.165, 1.54) is 4.90 Å². The van der Waals surface area contributed by atoms with Crippen LogP contribution in [0.4, 0.5) is 0 Å².